The summed E-state index contributed by atoms with van der Waals surface area (Å²) in [6.45, 7) is 16.0. The van der Waals surface area contributed by atoms with Gasteiger partial charge < -0.3 is 0 Å². The molecule has 0 fully saturated rings. The minimum Gasteiger partial charge on any atom is -0.281 e. The Morgan fingerprint density at radius 1 is 0.938 bits per heavy atom. The molecule has 0 saturated carbocycles. The van der Waals surface area contributed by atoms with Gasteiger partial charge in [0.15, 0.2) is 12.2 Å². The standard InChI is InChI=1S/C14H24O2/c1-12(2,3)14(7,13(4,5)6)10-11-8-9-15-16-11/h11H,10H2,1-7H3. The van der Waals surface area contributed by atoms with Crippen molar-refractivity contribution in [2.45, 2.75) is 61.0 Å². The molecule has 0 radical (unpaired) electrons. The normalized spacial score (nSPS) is 21.3. The lowest BCUT2D eigenvalue weighted by Crippen LogP contribution is -2.46. The van der Waals surface area contributed by atoms with E-state index in [1.54, 1.807) is 0 Å². The first-order valence-electron chi connectivity index (χ1n) is 5.91. The van der Waals surface area contributed by atoms with E-state index in [4.69, 9.17) is 4.89 Å². The van der Waals surface area contributed by atoms with Crippen LogP contribution in [0.3, 0.4) is 0 Å². The Kier molecular flexibility index (Phi) is 3.32. The monoisotopic (exact) mass is 224 g/mol. The van der Waals surface area contributed by atoms with Gasteiger partial charge in [0.25, 0.3) is 0 Å². The lowest BCUT2D eigenvalue weighted by atomic mass is 9.53. The molecule has 1 aliphatic heterocycles. The SMILES string of the molecule is CC(C)(C)C(C)(CC1C#COO1)C(C)(C)C. The Bertz CT molecular complexity index is 292. The number of hydrogen-bond donors (Lipinski definition) is 0. The molecule has 0 aromatic heterocycles. The molecule has 92 valence electrons. The summed E-state index contributed by atoms with van der Waals surface area (Å²) >= 11 is 0. The molecule has 1 rings (SSSR count). The van der Waals surface area contributed by atoms with Gasteiger partial charge in [-0.05, 0) is 28.6 Å². The van der Waals surface area contributed by atoms with Gasteiger partial charge in [0.2, 0.25) is 0 Å². The van der Waals surface area contributed by atoms with Gasteiger partial charge in [0.1, 0.15) is 0 Å². The maximum Gasteiger partial charge on any atom is 0.170 e. The first kappa shape index (κ1) is 13.4. The van der Waals surface area contributed by atoms with Crippen LogP contribution in [0.1, 0.15) is 54.9 Å². The third kappa shape index (κ3) is 2.35. The summed E-state index contributed by atoms with van der Waals surface area (Å²) in [5.41, 5.74) is 0.519. The van der Waals surface area contributed by atoms with Gasteiger partial charge in [0.05, 0.1) is 0 Å². The molecule has 1 heterocycles. The number of hydrogen-bond acceptors (Lipinski definition) is 2. The van der Waals surface area contributed by atoms with Crippen LogP contribution in [0, 0.1) is 28.3 Å². The Morgan fingerprint density at radius 3 is 1.75 bits per heavy atom. The highest BCUT2D eigenvalue weighted by Crippen LogP contribution is 2.54. The summed E-state index contributed by atoms with van der Waals surface area (Å²) in [5, 5.41) is 0. The lowest BCUT2D eigenvalue weighted by Gasteiger charge is -2.52. The van der Waals surface area contributed by atoms with E-state index < -0.39 is 0 Å². The largest absolute Gasteiger partial charge is 0.281 e. The molecular weight excluding hydrogens is 200 g/mol. The van der Waals surface area contributed by atoms with Crippen molar-refractivity contribution in [3.8, 4) is 12.0 Å². The average molecular weight is 224 g/mol. The quantitative estimate of drug-likeness (QED) is 0.525. The van der Waals surface area contributed by atoms with E-state index in [0.29, 0.717) is 0 Å². The summed E-state index contributed by atoms with van der Waals surface area (Å²) in [6, 6.07) is 0. The molecule has 0 aliphatic carbocycles. The maximum atomic E-state index is 5.12. The van der Waals surface area contributed by atoms with E-state index in [0.717, 1.165) is 6.42 Å². The smallest absolute Gasteiger partial charge is 0.170 e. The minimum atomic E-state index is -0.0940. The van der Waals surface area contributed by atoms with Gasteiger partial charge in [-0.25, -0.2) is 0 Å². The molecule has 0 saturated heterocycles. The molecule has 0 spiro atoms. The van der Waals surface area contributed by atoms with Crippen LogP contribution >= 0.6 is 0 Å². The molecule has 2 nitrogen and oxygen atoms in total. The van der Waals surface area contributed by atoms with Crippen molar-refractivity contribution < 1.29 is 9.78 Å². The molecule has 1 unspecified atom stereocenters. The zero-order valence-electron chi connectivity index (χ0n) is 11.6. The van der Waals surface area contributed by atoms with Crippen LogP contribution in [-0.4, -0.2) is 6.10 Å². The van der Waals surface area contributed by atoms with Crippen molar-refractivity contribution in [3.63, 3.8) is 0 Å². The molecule has 2 heteroatoms. The molecule has 1 atom stereocenters. The van der Waals surface area contributed by atoms with Crippen molar-refractivity contribution >= 4 is 0 Å². The summed E-state index contributed by atoms with van der Waals surface area (Å²) in [5.74, 6) is 2.96. The first-order valence-corrected chi connectivity index (χ1v) is 5.91. The molecule has 1 aliphatic rings. The third-order valence-electron chi connectivity index (χ3n) is 4.33. The zero-order chi connectivity index (χ0) is 12.6. The summed E-state index contributed by atoms with van der Waals surface area (Å²) < 4.78 is 0. The second-order valence-electron chi connectivity index (χ2n) is 6.95. The van der Waals surface area contributed by atoms with Gasteiger partial charge in [-0.3, -0.25) is 4.89 Å². The second kappa shape index (κ2) is 3.96. The van der Waals surface area contributed by atoms with E-state index in [1.807, 2.05) is 0 Å². The van der Waals surface area contributed by atoms with Gasteiger partial charge in [-0.15, -0.1) is 0 Å². The fourth-order valence-electron chi connectivity index (χ4n) is 2.39. The predicted molar refractivity (Wildman–Crippen MR) is 65.4 cm³/mol. The highest BCUT2D eigenvalue weighted by molar-refractivity contribution is 5.07. The second-order valence-corrected chi connectivity index (χ2v) is 6.95. The first-order chi connectivity index (χ1) is 7.08. The zero-order valence-corrected chi connectivity index (χ0v) is 11.6. The summed E-state index contributed by atoms with van der Waals surface area (Å²) in [7, 11) is 0. The van der Waals surface area contributed by atoms with Crippen LogP contribution in [0.2, 0.25) is 0 Å². The van der Waals surface area contributed by atoms with Gasteiger partial charge >= 0.3 is 0 Å². The van der Waals surface area contributed by atoms with Crippen molar-refractivity contribution in [2.24, 2.45) is 16.2 Å². The third-order valence-corrected chi connectivity index (χ3v) is 4.33. The highest BCUT2D eigenvalue weighted by atomic mass is 17.2. The van der Waals surface area contributed by atoms with E-state index in [2.05, 4.69) is 65.4 Å². The average Bonchev–Trinajstić information content (AvgIpc) is 2.52. The van der Waals surface area contributed by atoms with E-state index >= 15 is 0 Å². The maximum absolute atomic E-state index is 5.12. The van der Waals surface area contributed by atoms with E-state index in [-0.39, 0.29) is 22.3 Å². The Balaban J connectivity index is 2.93. The van der Waals surface area contributed by atoms with Gasteiger partial charge in [-0.2, -0.15) is 4.89 Å². The van der Waals surface area contributed by atoms with Crippen LogP contribution in [0.5, 0.6) is 0 Å². The van der Waals surface area contributed by atoms with E-state index in [1.165, 1.54) is 0 Å². The van der Waals surface area contributed by atoms with E-state index in [9.17, 15) is 0 Å². The molecule has 0 aromatic carbocycles. The minimum absolute atomic E-state index is 0.0940. The van der Waals surface area contributed by atoms with Crippen LogP contribution in [0.15, 0.2) is 0 Å². The van der Waals surface area contributed by atoms with Crippen LogP contribution in [0.4, 0.5) is 0 Å². The predicted octanol–water partition coefficient (Wildman–Crippen LogP) is 3.77. The van der Waals surface area contributed by atoms with Crippen LogP contribution in [-0.2, 0) is 9.78 Å². The highest BCUT2D eigenvalue weighted by Gasteiger charge is 2.48. The van der Waals surface area contributed by atoms with Crippen molar-refractivity contribution in [1.29, 1.82) is 0 Å². The molecule has 0 N–H and O–H groups in total. The van der Waals surface area contributed by atoms with Crippen molar-refractivity contribution in [3.05, 3.63) is 0 Å². The summed E-state index contributed by atoms with van der Waals surface area (Å²) in [6.07, 6.45) is 3.33. The Labute approximate surface area is 99.6 Å². The lowest BCUT2D eigenvalue weighted by molar-refractivity contribution is -0.255. The molecule has 0 bridgehead atoms. The molecular formula is C14H24O2. The van der Waals surface area contributed by atoms with Crippen molar-refractivity contribution in [2.75, 3.05) is 0 Å². The fraction of sp³-hybridized carbons (Fsp3) is 0.857. The molecule has 16 heavy (non-hydrogen) atoms. The van der Waals surface area contributed by atoms with Gasteiger partial charge in [-0.1, -0.05) is 48.5 Å². The van der Waals surface area contributed by atoms with Crippen LogP contribution in [0.25, 0.3) is 0 Å². The Hall–Kier alpha value is -0.680. The van der Waals surface area contributed by atoms with Crippen LogP contribution < -0.4 is 0 Å². The van der Waals surface area contributed by atoms with Gasteiger partial charge in [0, 0.05) is 0 Å². The summed E-state index contributed by atoms with van der Waals surface area (Å²) in [4.78, 5) is 9.78. The number of rotatable bonds is 2. The Morgan fingerprint density at radius 2 is 1.44 bits per heavy atom. The molecule has 0 aromatic rings. The molecule has 0 amide bonds. The fourth-order valence-corrected chi connectivity index (χ4v) is 2.39. The topological polar surface area (TPSA) is 18.5 Å². The van der Waals surface area contributed by atoms with Crippen molar-refractivity contribution in [1.82, 2.24) is 0 Å².